The Hall–Kier alpha value is -4.19. The molecule has 5 amide bonds. The smallest absolute Gasteiger partial charge is 0.423 e. The monoisotopic (exact) mass is 914 g/mol. The Morgan fingerprint density at radius 3 is 2.31 bits per heavy atom. The van der Waals surface area contributed by atoms with Crippen LogP contribution in [0.2, 0.25) is 10.0 Å². The predicted molar refractivity (Wildman–Crippen MR) is 191 cm³/mol. The molecule has 0 radical (unpaired) electrons. The fourth-order valence-corrected chi connectivity index (χ4v) is 9.67. The van der Waals surface area contributed by atoms with Gasteiger partial charge in [-0.1, -0.05) is 47.0 Å². The van der Waals surface area contributed by atoms with E-state index in [9.17, 15) is 37.5 Å². The summed E-state index contributed by atoms with van der Waals surface area (Å²) in [5, 5.41) is 11.3. The molecule has 2 N–H and O–H groups in total. The highest BCUT2D eigenvalue weighted by atomic mass is 79.9. The third kappa shape index (κ3) is 5.52. The van der Waals surface area contributed by atoms with Crippen LogP contribution >= 0.6 is 55.1 Å². The number of alkyl halides is 3. The maximum Gasteiger partial charge on any atom is 0.423 e. The Morgan fingerprint density at radius 2 is 1.70 bits per heavy atom. The molecule has 2 aliphatic heterocycles. The average molecular weight is 917 g/mol. The number of rotatable bonds is 5. The van der Waals surface area contributed by atoms with E-state index < -0.39 is 87.3 Å². The standard InChI is InChI=1S/C35H25Br2Cl2F3N4O8/c1-53-22-11-19(25(36)26(37)27(22)47)24-16-7-8-17-23(31(50)45(29(17)48)33(52)54-2)18(16)10-20-30(49)46(32(51)34(20,24)13-3-5-15(38)6-4-13)44-28-21(39)9-14(12-43-28)35(40,41)42/h3-7,9,11-12,17-18,20,23-24,47H,8,10H2,1-2H3,(H,43,44)/t17-,18+,20-,23-,24+,34+/m0/s1. The summed E-state index contributed by atoms with van der Waals surface area (Å²) in [6.07, 6.45) is -3.94. The molecule has 7 rings (SSSR count). The number of hydrazine groups is 1. The number of likely N-dealkylation sites (tertiary alicyclic amines) is 1. The summed E-state index contributed by atoms with van der Waals surface area (Å²) in [6.45, 7) is 0. The Bertz CT molecular complexity index is 2210. The minimum atomic E-state index is -4.79. The summed E-state index contributed by atoms with van der Waals surface area (Å²) >= 11 is 19.5. The van der Waals surface area contributed by atoms with Gasteiger partial charge in [-0.25, -0.2) is 9.78 Å². The summed E-state index contributed by atoms with van der Waals surface area (Å²) in [4.78, 5) is 74.5. The molecule has 54 heavy (non-hydrogen) atoms. The van der Waals surface area contributed by atoms with Gasteiger partial charge < -0.3 is 14.6 Å². The zero-order valence-electron chi connectivity index (χ0n) is 27.7. The number of allylic oxidation sites excluding steroid dienone is 2. The summed E-state index contributed by atoms with van der Waals surface area (Å²) in [7, 11) is 2.34. The normalized spacial score (nSPS) is 26.3. The van der Waals surface area contributed by atoms with Crippen molar-refractivity contribution in [3.63, 3.8) is 0 Å². The van der Waals surface area contributed by atoms with Crippen LogP contribution in [0.1, 0.15) is 35.4 Å². The van der Waals surface area contributed by atoms with Gasteiger partial charge in [0.1, 0.15) is 0 Å². The van der Waals surface area contributed by atoms with Gasteiger partial charge in [0.25, 0.3) is 11.8 Å². The van der Waals surface area contributed by atoms with Gasteiger partial charge in [0.2, 0.25) is 11.8 Å². The number of nitrogens with one attached hydrogen (secondary N) is 1. The van der Waals surface area contributed by atoms with E-state index in [1.54, 1.807) is 18.2 Å². The van der Waals surface area contributed by atoms with Crippen molar-refractivity contribution in [2.45, 2.75) is 30.4 Å². The predicted octanol–water partition coefficient (Wildman–Crippen LogP) is 7.40. The number of anilines is 1. The second-order valence-corrected chi connectivity index (χ2v) is 15.5. The number of phenolic OH excluding ortho intramolecular Hbond substituents is 1. The van der Waals surface area contributed by atoms with Crippen molar-refractivity contribution < 1.29 is 51.7 Å². The Labute approximate surface area is 330 Å². The molecule has 2 aliphatic carbocycles. The van der Waals surface area contributed by atoms with Crippen molar-refractivity contribution in [2.24, 2.45) is 23.7 Å². The van der Waals surface area contributed by atoms with Crippen LogP contribution in [0.4, 0.5) is 23.8 Å². The van der Waals surface area contributed by atoms with Gasteiger partial charge >= 0.3 is 12.3 Å². The number of carbonyl (C=O) groups excluding carboxylic acids is 5. The molecule has 12 nitrogen and oxygen atoms in total. The number of benzene rings is 2. The van der Waals surface area contributed by atoms with Gasteiger partial charge in [0, 0.05) is 21.6 Å². The number of aromatic nitrogens is 1. The number of methoxy groups -OCH3 is 2. The van der Waals surface area contributed by atoms with Crippen LogP contribution in [-0.4, -0.2) is 63.9 Å². The van der Waals surface area contributed by atoms with Crippen LogP contribution in [0.5, 0.6) is 11.5 Å². The highest BCUT2D eigenvalue weighted by Crippen LogP contribution is 2.65. The molecule has 0 bridgehead atoms. The van der Waals surface area contributed by atoms with Crippen LogP contribution in [-0.2, 0) is 35.5 Å². The molecule has 1 saturated carbocycles. The lowest BCUT2D eigenvalue weighted by Crippen LogP contribution is -2.53. The van der Waals surface area contributed by atoms with Crippen LogP contribution in [0.3, 0.4) is 0 Å². The molecule has 0 spiro atoms. The fourth-order valence-electron chi connectivity index (χ4n) is 8.38. The first-order valence-electron chi connectivity index (χ1n) is 16.0. The molecular weight excluding hydrogens is 892 g/mol. The zero-order valence-corrected chi connectivity index (χ0v) is 32.4. The molecular formula is C35H25Br2Cl2F3N4O8. The van der Waals surface area contributed by atoms with Crippen LogP contribution in [0.25, 0.3) is 0 Å². The minimum Gasteiger partial charge on any atom is -0.503 e. The van der Waals surface area contributed by atoms with E-state index in [0.717, 1.165) is 7.11 Å². The van der Waals surface area contributed by atoms with Gasteiger partial charge in [-0.15, -0.1) is 0 Å². The number of pyridine rings is 1. The van der Waals surface area contributed by atoms with Crippen LogP contribution in [0.15, 0.2) is 63.2 Å². The molecule has 6 atom stereocenters. The average Bonchev–Trinajstić information content (AvgIpc) is 3.52. The van der Waals surface area contributed by atoms with Crippen molar-refractivity contribution in [1.82, 2.24) is 14.9 Å². The van der Waals surface area contributed by atoms with E-state index in [2.05, 4.69) is 42.3 Å². The number of hydrogen-bond acceptors (Lipinski definition) is 10. The highest BCUT2D eigenvalue weighted by molar-refractivity contribution is 9.13. The highest BCUT2D eigenvalue weighted by Gasteiger charge is 2.71. The first kappa shape index (κ1) is 38.1. The van der Waals surface area contributed by atoms with E-state index in [4.69, 9.17) is 32.7 Å². The van der Waals surface area contributed by atoms with Gasteiger partial charge in [0.05, 0.1) is 52.4 Å². The van der Waals surface area contributed by atoms with Crippen molar-refractivity contribution in [3.8, 4) is 11.5 Å². The van der Waals surface area contributed by atoms with E-state index >= 15 is 4.79 Å². The molecule has 4 aliphatic rings. The first-order valence-corrected chi connectivity index (χ1v) is 18.4. The Morgan fingerprint density at radius 1 is 1.02 bits per heavy atom. The second kappa shape index (κ2) is 13.5. The number of hydrogen-bond donors (Lipinski definition) is 2. The van der Waals surface area contributed by atoms with Crippen molar-refractivity contribution in [3.05, 3.63) is 89.9 Å². The number of carbonyl (C=O) groups is 5. The third-order valence-corrected chi connectivity index (χ3v) is 13.3. The Balaban J connectivity index is 1.48. The molecule has 3 fully saturated rings. The number of imide groups is 4. The van der Waals surface area contributed by atoms with E-state index in [0.29, 0.717) is 43.9 Å². The van der Waals surface area contributed by atoms with E-state index in [1.165, 1.54) is 25.3 Å². The van der Waals surface area contributed by atoms with Crippen molar-refractivity contribution in [2.75, 3.05) is 19.6 Å². The van der Waals surface area contributed by atoms with Gasteiger partial charge in [-0.05, 0) is 86.0 Å². The maximum absolute atomic E-state index is 15.3. The molecule has 282 valence electrons. The largest absolute Gasteiger partial charge is 0.503 e. The molecule has 3 aromatic rings. The third-order valence-electron chi connectivity index (χ3n) is 10.6. The van der Waals surface area contributed by atoms with Crippen LogP contribution in [0, 0.1) is 23.7 Å². The Kier molecular flexibility index (Phi) is 9.55. The number of fused-ring (bicyclic) bond motifs is 4. The zero-order chi connectivity index (χ0) is 39.2. The number of halogens is 7. The topological polar surface area (TPSA) is 155 Å². The number of nitrogens with zero attached hydrogens (tertiary/aromatic N) is 3. The SMILES string of the molecule is COC(=O)N1C(=O)[C@H]2[C@H](CC=C3[C@H]2C[C@H]2C(=O)N(Nc4ncc(C(F)(F)F)cc4Cl)C(=O)[C@@]2(c2ccc(Cl)cc2)[C@H]3c2cc(OC)c(O)c(Br)c2Br)C1=O. The lowest BCUT2D eigenvalue weighted by molar-refractivity contribution is -0.140. The van der Waals surface area contributed by atoms with E-state index in [-0.39, 0.29) is 33.3 Å². The summed E-state index contributed by atoms with van der Waals surface area (Å²) in [5.74, 6) is -9.55. The molecule has 2 aromatic carbocycles. The van der Waals surface area contributed by atoms with Crippen LogP contribution < -0.4 is 10.2 Å². The first-order chi connectivity index (χ1) is 25.5. The molecule has 19 heteroatoms. The number of phenols is 1. The molecule has 3 heterocycles. The maximum atomic E-state index is 15.3. The second-order valence-electron chi connectivity index (χ2n) is 13.0. The van der Waals surface area contributed by atoms with Gasteiger partial charge in [-0.3, -0.25) is 24.6 Å². The number of aromatic hydroxyl groups is 1. The number of amides is 5. The number of ether oxygens (including phenoxy) is 2. The van der Waals surface area contributed by atoms with Gasteiger partial charge in [-0.2, -0.15) is 23.1 Å². The summed E-state index contributed by atoms with van der Waals surface area (Å²) < 4.78 is 51.0. The molecule has 0 unspecified atom stereocenters. The quantitative estimate of drug-likeness (QED) is 0.196. The summed E-state index contributed by atoms with van der Waals surface area (Å²) in [5.41, 5.74) is 0.615. The molecule has 1 aromatic heterocycles. The fraction of sp³-hybridized carbons (Fsp3) is 0.314. The minimum absolute atomic E-state index is 0.0178. The lowest BCUT2D eigenvalue weighted by Gasteiger charge is -2.51. The van der Waals surface area contributed by atoms with Crippen molar-refractivity contribution in [1.29, 1.82) is 0 Å². The summed E-state index contributed by atoms with van der Waals surface area (Å²) in [6, 6.07) is 8.25. The van der Waals surface area contributed by atoms with Gasteiger partial charge in [0.15, 0.2) is 17.3 Å². The molecule has 2 saturated heterocycles. The lowest BCUT2D eigenvalue weighted by atomic mass is 9.49. The van der Waals surface area contributed by atoms with Crippen molar-refractivity contribution >= 4 is 90.6 Å². The van der Waals surface area contributed by atoms with E-state index in [1.807, 2.05) is 0 Å².